The Hall–Kier alpha value is 0.1000. The maximum Gasteiger partial charge on any atom is 0.0469 e. The number of thiophene rings is 1. The third-order valence-corrected chi connectivity index (χ3v) is 5.04. The minimum atomic E-state index is 0.489. The van der Waals surface area contributed by atoms with E-state index >= 15 is 0 Å². The van der Waals surface area contributed by atoms with Crippen LogP contribution in [0, 0.1) is 5.92 Å². The van der Waals surface area contributed by atoms with E-state index in [1.54, 1.807) is 0 Å². The predicted molar refractivity (Wildman–Crippen MR) is 72.0 cm³/mol. The normalized spacial score (nSPS) is 19.9. The van der Waals surface area contributed by atoms with Gasteiger partial charge in [0.05, 0.1) is 0 Å². The summed E-state index contributed by atoms with van der Waals surface area (Å²) < 4.78 is 6.68. The third-order valence-electron chi connectivity index (χ3n) is 3.09. The van der Waals surface area contributed by atoms with Gasteiger partial charge in [0.1, 0.15) is 0 Å². The van der Waals surface area contributed by atoms with Crippen LogP contribution in [0.5, 0.6) is 0 Å². The van der Waals surface area contributed by atoms with Crippen LogP contribution >= 0.6 is 27.3 Å². The summed E-state index contributed by atoms with van der Waals surface area (Å²) in [6.45, 7) is 5.02. The Kier molecular flexibility index (Phi) is 4.82. The molecular weight excluding hydrogens is 286 g/mol. The number of nitrogens with one attached hydrogen (secondary N) is 1. The summed E-state index contributed by atoms with van der Waals surface area (Å²) >= 11 is 5.48. The summed E-state index contributed by atoms with van der Waals surface area (Å²) in [5.41, 5.74) is 0. The topological polar surface area (TPSA) is 21.3 Å². The molecule has 0 radical (unpaired) electrons. The lowest BCUT2D eigenvalue weighted by molar-refractivity contribution is 0.0542. The predicted octanol–water partition coefficient (Wildman–Crippen LogP) is 3.59. The van der Waals surface area contributed by atoms with Crippen molar-refractivity contribution < 1.29 is 4.74 Å². The van der Waals surface area contributed by atoms with Crippen LogP contribution in [0.2, 0.25) is 0 Å². The number of halogens is 1. The van der Waals surface area contributed by atoms with Gasteiger partial charge in [-0.05, 0) is 52.7 Å². The molecule has 4 heteroatoms. The maximum absolute atomic E-state index is 5.44. The van der Waals surface area contributed by atoms with Crippen LogP contribution in [-0.2, 0) is 4.74 Å². The zero-order valence-electron chi connectivity index (χ0n) is 9.54. The molecule has 1 aliphatic rings. The van der Waals surface area contributed by atoms with Gasteiger partial charge in [0.2, 0.25) is 0 Å². The first-order valence-electron chi connectivity index (χ1n) is 5.87. The summed E-state index contributed by atoms with van der Waals surface area (Å²) in [5.74, 6) is 0.712. The van der Waals surface area contributed by atoms with Crippen molar-refractivity contribution in [2.75, 3.05) is 19.8 Å². The monoisotopic (exact) mass is 303 g/mol. The van der Waals surface area contributed by atoms with Crippen LogP contribution in [0.4, 0.5) is 0 Å². The Bertz CT molecular complexity index is 323. The summed E-state index contributed by atoms with van der Waals surface area (Å²) in [6.07, 6.45) is 2.34. The number of hydrogen-bond donors (Lipinski definition) is 1. The molecule has 1 atom stereocenters. The first kappa shape index (κ1) is 12.6. The quantitative estimate of drug-likeness (QED) is 0.918. The molecular formula is C12H18BrNOS. The second-order valence-electron chi connectivity index (χ2n) is 4.12. The molecule has 0 aliphatic carbocycles. The van der Waals surface area contributed by atoms with E-state index in [0.29, 0.717) is 12.0 Å². The van der Waals surface area contributed by atoms with Crippen molar-refractivity contribution in [1.29, 1.82) is 0 Å². The molecule has 2 nitrogen and oxygen atoms in total. The molecule has 1 aliphatic heterocycles. The van der Waals surface area contributed by atoms with Crippen LogP contribution in [0.3, 0.4) is 0 Å². The second-order valence-corrected chi connectivity index (χ2v) is 5.92. The highest BCUT2D eigenvalue weighted by molar-refractivity contribution is 9.10. The highest BCUT2D eigenvalue weighted by atomic mass is 79.9. The minimum Gasteiger partial charge on any atom is -0.381 e. The zero-order chi connectivity index (χ0) is 11.4. The Labute approximate surface area is 110 Å². The van der Waals surface area contributed by atoms with E-state index in [2.05, 4.69) is 39.6 Å². The molecule has 1 unspecified atom stereocenters. The fourth-order valence-electron chi connectivity index (χ4n) is 2.27. The molecule has 0 spiro atoms. The Balaban J connectivity index is 2.12. The summed E-state index contributed by atoms with van der Waals surface area (Å²) in [6, 6.07) is 2.63. The van der Waals surface area contributed by atoms with E-state index in [1.807, 2.05) is 11.3 Å². The second kappa shape index (κ2) is 6.15. The van der Waals surface area contributed by atoms with Gasteiger partial charge in [-0.1, -0.05) is 6.92 Å². The van der Waals surface area contributed by atoms with Crippen molar-refractivity contribution in [3.8, 4) is 0 Å². The van der Waals surface area contributed by atoms with Crippen molar-refractivity contribution in [1.82, 2.24) is 5.32 Å². The number of rotatable bonds is 4. The molecule has 1 N–H and O–H groups in total. The lowest BCUT2D eigenvalue weighted by Gasteiger charge is -2.30. The third kappa shape index (κ3) is 2.86. The number of ether oxygens (including phenoxy) is 1. The van der Waals surface area contributed by atoms with E-state index in [0.717, 1.165) is 19.8 Å². The van der Waals surface area contributed by atoms with Gasteiger partial charge in [-0.3, -0.25) is 0 Å². The molecule has 1 fully saturated rings. The highest BCUT2D eigenvalue weighted by Crippen LogP contribution is 2.37. The van der Waals surface area contributed by atoms with Gasteiger partial charge < -0.3 is 10.1 Å². The molecule has 0 saturated carbocycles. The molecule has 1 aromatic heterocycles. The van der Waals surface area contributed by atoms with E-state index < -0.39 is 0 Å². The molecule has 2 heterocycles. The van der Waals surface area contributed by atoms with Crippen molar-refractivity contribution in [3.05, 3.63) is 20.8 Å². The molecule has 0 amide bonds. The van der Waals surface area contributed by atoms with E-state index in [-0.39, 0.29) is 0 Å². The first-order chi connectivity index (χ1) is 7.83. The molecule has 2 rings (SSSR count). The Morgan fingerprint density at radius 2 is 2.31 bits per heavy atom. The Morgan fingerprint density at radius 3 is 2.88 bits per heavy atom. The van der Waals surface area contributed by atoms with Gasteiger partial charge in [0.25, 0.3) is 0 Å². The summed E-state index contributed by atoms with van der Waals surface area (Å²) in [7, 11) is 0. The molecule has 16 heavy (non-hydrogen) atoms. The van der Waals surface area contributed by atoms with Crippen LogP contribution in [0.1, 0.15) is 30.7 Å². The van der Waals surface area contributed by atoms with Gasteiger partial charge in [-0.2, -0.15) is 0 Å². The van der Waals surface area contributed by atoms with Gasteiger partial charge in [-0.15, -0.1) is 11.3 Å². The van der Waals surface area contributed by atoms with Gasteiger partial charge in [0.15, 0.2) is 0 Å². The standard InChI is InChI=1S/C12H18BrNOS/c1-2-14-11(9-3-6-15-7-4-9)12-10(13)5-8-16-12/h5,8-9,11,14H,2-4,6-7H2,1H3. The fraction of sp³-hybridized carbons (Fsp3) is 0.667. The van der Waals surface area contributed by atoms with Crippen LogP contribution < -0.4 is 5.32 Å². The van der Waals surface area contributed by atoms with E-state index in [9.17, 15) is 0 Å². The van der Waals surface area contributed by atoms with Gasteiger partial charge >= 0.3 is 0 Å². The lowest BCUT2D eigenvalue weighted by atomic mass is 9.90. The lowest BCUT2D eigenvalue weighted by Crippen LogP contribution is -2.31. The largest absolute Gasteiger partial charge is 0.381 e. The van der Waals surface area contributed by atoms with E-state index in [1.165, 1.54) is 22.2 Å². The molecule has 0 aromatic carbocycles. The van der Waals surface area contributed by atoms with Gasteiger partial charge in [-0.25, -0.2) is 0 Å². The maximum atomic E-state index is 5.44. The smallest absolute Gasteiger partial charge is 0.0469 e. The fourth-order valence-corrected chi connectivity index (χ4v) is 4.06. The average Bonchev–Trinajstić information content (AvgIpc) is 2.73. The SMILES string of the molecule is CCNC(c1sccc1Br)C1CCOCC1. The van der Waals surface area contributed by atoms with Crippen LogP contribution in [0.25, 0.3) is 0 Å². The zero-order valence-corrected chi connectivity index (χ0v) is 11.9. The van der Waals surface area contributed by atoms with Crippen molar-refractivity contribution in [2.45, 2.75) is 25.8 Å². The highest BCUT2D eigenvalue weighted by Gasteiger charge is 2.26. The van der Waals surface area contributed by atoms with Crippen LogP contribution in [0.15, 0.2) is 15.9 Å². The molecule has 1 aromatic rings. The van der Waals surface area contributed by atoms with Crippen molar-refractivity contribution >= 4 is 27.3 Å². The van der Waals surface area contributed by atoms with Crippen LogP contribution in [-0.4, -0.2) is 19.8 Å². The number of hydrogen-bond acceptors (Lipinski definition) is 3. The van der Waals surface area contributed by atoms with Gasteiger partial charge in [0, 0.05) is 28.6 Å². The van der Waals surface area contributed by atoms with Crippen molar-refractivity contribution in [3.63, 3.8) is 0 Å². The van der Waals surface area contributed by atoms with Crippen molar-refractivity contribution in [2.24, 2.45) is 5.92 Å². The first-order valence-corrected chi connectivity index (χ1v) is 7.54. The molecule has 1 saturated heterocycles. The minimum absolute atomic E-state index is 0.489. The van der Waals surface area contributed by atoms with E-state index in [4.69, 9.17) is 4.74 Å². The molecule has 90 valence electrons. The summed E-state index contributed by atoms with van der Waals surface area (Å²) in [5, 5.41) is 5.78. The summed E-state index contributed by atoms with van der Waals surface area (Å²) in [4.78, 5) is 1.44. The molecule has 0 bridgehead atoms. The average molecular weight is 304 g/mol. The Morgan fingerprint density at radius 1 is 1.56 bits per heavy atom.